The zero-order valence-corrected chi connectivity index (χ0v) is 15.8. The molecular formula is C20H24N2O5. The third kappa shape index (κ3) is 4.48. The third-order valence-electron chi connectivity index (χ3n) is 4.58. The number of likely N-dealkylation sites (tertiary alicyclic amines) is 1. The Balaban J connectivity index is 1.65. The second-order valence-corrected chi connectivity index (χ2v) is 7.46. The molecule has 7 nitrogen and oxygen atoms in total. The Hall–Kier alpha value is -2.83. The minimum absolute atomic E-state index is 0.0214. The van der Waals surface area contributed by atoms with E-state index in [0.29, 0.717) is 17.2 Å². The van der Waals surface area contributed by atoms with Gasteiger partial charge in [0.25, 0.3) is 11.7 Å². The van der Waals surface area contributed by atoms with E-state index in [1.165, 1.54) is 20.0 Å². The molecule has 1 unspecified atom stereocenters. The minimum atomic E-state index is -1.26. The summed E-state index contributed by atoms with van der Waals surface area (Å²) < 4.78 is 10.1. The van der Waals surface area contributed by atoms with Gasteiger partial charge in [-0.3, -0.25) is 4.79 Å². The molecule has 0 aliphatic carbocycles. The van der Waals surface area contributed by atoms with Crippen LogP contribution in [-0.2, 0) is 19.1 Å². The molecule has 1 N–H and O–H groups in total. The number of nitrogens with one attached hydrogen (secondary N) is 1. The van der Waals surface area contributed by atoms with E-state index in [9.17, 15) is 14.4 Å². The molecule has 27 heavy (non-hydrogen) atoms. The number of carbonyl (C=O) groups excluding carboxylic acids is 3. The first-order valence-electron chi connectivity index (χ1n) is 9.08. The van der Waals surface area contributed by atoms with E-state index in [0.717, 1.165) is 25.9 Å². The van der Waals surface area contributed by atoms with Crippen molar-refractivity contribution in [3.63, 3.8) is 0 Å². The number of rotatable bonds is 3. The zero-order chi connectivity index (χ0) is 19.6. The van der Waals surface area contributed by atoms with Gasteiger partial charge in [0.05, 0.1) is 0 Å². The first-order valence-corrected chi connectivity index (χ1v) is 9.08. The van der Waals surface area contributed by atoms with Crippen molar-refractivity contribution < 1.29 is 23.9 Å². The number of hydrogen-bond acceptors (Lipinski definition) is 6. The number of piperidine rings is 1. The molecule has 0 saturated carbocycles. The fraction of sp³-hybridized carbons (Fsp3) is 0.450. The van der Waals surface area contributed by atoms with Crippen LogP contribution in [0.15, 0.2) is 36.0 Å². The van der Waals surface area contributed by atoms with Crippen molar-refractivity contribution in [3.8, 4) is 0 Å². The number of hydrogen-bond donors (Lipinski definition) is 1. The lowest BCUT2D eigenvalue weighted by atomic mass is 9.99. The van der Waals surface area contributed by atoms with Gasteiger partial charge in [-0.05, 0) is 43.0 Å². The summed E-state index contributed by atoms with van der Waals surface area (Å²) >= 11 is 0. The quantitative estimate of drug-likeness (QED) is 0.499. The molecule has 0 radical (unpaired) electrons. The maximum atomic E-state index is 12.6. The normalized spacial score (nSPS) is 22.0. The predicted octanol–water partition coefficient (Wildman–Crippen LogP) is 2.69. The van der Waals surface area contributed by atoms with E-state index in [-0.39, 0.29) is 11.5 Å². The largest absolute Gasteiger partial charge is 0.419 e. The Morgan fingerprint density at radius 2 is 1.81 bits per heavy atom. The van der Waals surface area contributed by atoms with Crippen LogP contribution in [-0.4, -0.2) is 41.6 Å². The van der Waals surface area contributed by atoms with Crippen LogP contribution in [0.5, 0.6) is 0 Å². The molecule has 0 bridgehead atoms. The predicted molar refractivity (Wildman–Crippen MR) is 98.7 cm³/mol. The van der Waals surface area contributed by atoms with E-state index in [1.807, 2.05) is 4.90 Å². The molecule has 1 aromatic carbocycles. The van der Waals surface area contributed by atoms with Crippen molar-refractivity contribution in [2.24, 2.45) is 5.92 Å². The zero-order valence-electron chi connectivity index (χ0n) is 15.8. The van der Waals surface area contributed by atoms with Gasteiger partial charge in [0, 0.05) is 44.4 Å². The van der Waals surface area contributed by atoms with E-state index >= 15 is 0 Å². The summed E-state index contributed by atoms with van der Waals surface area (Å²) in [6.45, 7) is 6.71. The summed E-state index contributed by atoms with van der Waals surface area (Å²) in [4.78, 5) is 38.3. The smallest absolute Gasteiger partial charge is 0.350 e. The monoisotopic (exact) mass is 372 g/mol. The molecule has 1 amide bonds. The standard InChI is InChI=1S/C20H24N2O5/c1-13-5-4-10-22(12-13)17(23)14-6-8-15(9-7-14)21-11-16-18(24)26-20(2,3)27-19(16)25/h6-9,11,13,21H,4-5,10,12H2,1-3H3. The van der Waals surface area contributed by atoms with Gasteiger partial charge in [0.15, 0.2) is 5.57 Å². The molecule has 0 spiro atoms. The van der Waals surface area contributed by atoms with Crippen molar-refractivity contribution in [1.29, 1.82) is 0 Å². The van der Waals surface area contributed by atoms with Gasteiger partial charge in [-0.25, -0.2) is 9.59 Å². The molecule has 1 aromatic rings. The van der Waals surface area contributed by atoms with E-state index in [4.69, 9.17) is 9.47 Å². The van der Waals surface area contributed by atoms with Crippen LogP contribution in [0.3, 0.4) is 0 Å². The van der Waals surface area contributed by atoms with Crippen LogP contribution in [0.25, 0.3) is 0 Å². The molecule has 2 aliphatic rings. The Labute approximate surface area is 158 Å². The second-order valence-electron chi connectivity index (χ2n) is 7.46. The third-order valence-corrected chi connectivity index (χ3v) is 4.58. The van der Waals surface area contributed by atoms with E-state index < -0.39 is 17.7 Å². The summed E-state index contributed by atoms with van der Waals surface area (Å²) in [7, 11) is 0. The van der Waals surface area contributed by atoms with Gasteiger partial charge >= 0.3 is 11.9 Å². The molecule has 2 fully saturated rings. The molecule has 2 heterocycles. The molecule has 2 saturated heterocycles. The summed E-state index contributed by atoms with van der Waals surface area (Å²) in [5.41, 5.74) is 1.04. The average Bonchev–Trinajstić information content (AvgIpc) is 2.60. The SMILES string of the molecule is CC1CCCN(C(=O)c2ccc(NC=C3C(=O)OC(C)(C)OC3=O)cc2)C1. The summed E-state index contributed by atoms with van der Waals surface area (Å²) in [6.07, 6.45) is 3.44. The molecule has 2 aliphatic heterocycles. The minimum Gasteiger partial charge on any atom is -0.419 e. The summed E-state index contributed by atoms with van der Waals surface area (Å²) in [5.74, 6) is -2.20. The maximum absolute atomic E-state index is 12.6. The van der Waals surface area contributed by atoms with E-state index in [2.05, 4.69) is 12.2 Å². The highest BCUT2D eigenvalue weighted by Gasteiger charge is 2.38. The van der Waals surface area contributed by atoms with Crippen LogP contribution < -0.4 is 5.32 Å². The highest BCUT2D eigenvalue weighted by Crippen LogP contribution is 2.23. The van der Waals surface area contributed by atoms with Gasteiger partial charge in [-0.15, -0.1) is 0 Å². The number of amides is 1. The first kappa shape index (κ1) is 18.9. The highest BCUT2D eigenvalue weighted by atomic mass is 16.7. The van der Waals surface area contributed by atoms with Crippen LogP contribution in [0.1, 0.15) is 44.0 Å². The number of benzene rings is 1. The lowest BCUT2D eigenvalue weighted by Crippen LogP contribution is -2.42. The van der Waals surface area contributed by atoms with Crippen molar-refractivity contribution in [2.45, 2.75) is 39.4 Å². The lowest BCUT2D eigenvalue weighted by Gasteiger charge is -2.31. The van der Waals surface area contributed by atoms with Gasteiger partial charge in [-0.1, -0.05) is 6.92 Å². The van der Waals surface area contributed by atoms with Gasteiger partial charge in [0.2, 0.25) is 0 Å². The van der Waals surface area contributed by atoms with Gasteiger partial charge in [-0.2, -0.15) is 0 Å². The summed E-state index contributed by atoms with van der Waals surface area (Å²) in [6, 6.07) is 6.90. The Bertz CT molecular complexity index is 760. The topological polar surface area (TPSA) is 84.9 Å². The van der Waals surface area contributed by atoms with Crippen LogP contribution in [0, 0.1) is 5.92 Å². The molecule has 0 aromatic heterocycles. The second kappa shape index (κ2) is 7.42. The number of ether oxygens (including phenoxy) is 2. The van der Waals surface area contributed by atoms with Crippen molar-refractivity contribution in [1.82, 2.24) is 4.90 Å². The number of nitrogens with zero attached hydrogens (tertiary/aromatic N) is 1. The molecule has 1 atom stereocenters. The Morgan fingerprint density at radius 1 is 1.19 bits per heavy atom. The Kier molecular flexibility index (Phi) is 5.21. The number of esters is 2. The average molecular weight is 372 g/mol. The molecule has 144 valence electrons. The van der Waals surface area contributed by atoms with Crippen molar-refractivity contribution in [3.05, 3.63) is 41.6 Å². The summed E-state index contributed by atoms with van der Waals surface area (Å²) in [5, 5.41) is 2.87. The lowest BCUT2D eigenvalue weighted by molar-refractivity contribution is -0.222. The van der Waals surface area contributed by atoms with Crippen LogP contribution in [0.2, 0.25) is 0 Å². The fourth-order valence-corrected chi connectivity index (χ4v) is 3.20. The molecule has 3 rings (SSSR count). The van der Waals surface area contributed by atoms with Crippen LogP contribution >= 0.6 is 0 Å². The first-order chi connectivity index (χ1) is 12.7. The van der Waals surface area contributed by atoms with Crippen LogP contribution in [0.4, 0.5) is 5.69 Å². The number of carbonyl (C=O) groups is 3. The van der Waals surface area contributed by atoms with Crippen molar-refractivity contribution in [2.75, 3.05) is 18.4 Å². The van der Waals surface area contributed by atoms with Crippen molar-refractivity contribution >= 4 is 23.5 Å². The fourth-order valence-electron chi connectivity index (χ4n) is 3.20. The molecule has 7 heteroatoms. The van der Waals surface area contributed by atoms with Gasteiger partial charge < -0.3 is 19.7 Å². The maximum Gasteiger partial charge on any atom is 0.350 e. The highest BCUT2D eigenvalue weighted by molar-refractivity contribution is 6.15. The van der Waals surface area contributed by atoms with E-state index in [1.54, 1.807) is 24.3 Å². The van der Waals surface area contributed by atoms with Gasteiger partial charge in [0.1, 0.15) is 0 Å². The Morgan fingerprint density at radius 3 is 2.41 bits per heavy atom. The molecular weight excluding hydrogens is 348 g/mol. The number of anilines is 1. The number of cyclic esters (lactones) is 2.